The van der Waals surface area contributed by atoms with E-state index in [1.165, 1.54) is 5.56 Å². The van der Waals surface area contributed by atoms with Crippen molar-refractivity contribution in [3.63, 3.8) is 0 Å². The number of nitrogens with zero attached hydrogens (tertiary/aromatic N) is 2. The molecular formula is C18H24BrN3OS. The fraction of sp³-hybridized carbons (Fsp3) is 0.389. The highest BCUT2D eigenvalue weighted by Crippen LogP contribution is 2.21. The number of nitrogens with one attached hydrogen (secondary N) is 1. The van der Waals surface area contributed by atoms with E-state index in [9.17, 15) is 0 Å². The molecule has 2 heterocycles. The Labute approximate surface area is 158 Å². The fourth-order valence-corrected chi connectivity index (χ4v) is 3.58. The molecule has 4 nitrogen and oxygen atoms in total. The van der Waals surface area contributed by atoms with Gasteiger partial charge in [-0.1, -0.05) is 18.2 Å². The molecule has 0 saturated carbocycles. The Morgan fingerprint density at radius 2 is 2.08 bits per heavy atom. The lowest BCUT2D eigenvalue weighted by atomic mass is 10.1. The fourth-order valence-electron chi connectivity index (χ4n) is 2.57. The van der Waals surface area contributed by atoms with Crippen LogP contribution >= 0.6 is 28.7 Å². The predicted octanol–water partition coefficient (Wildman–Crippen LogP) is 3.38. The first-order chi connectivity index (χ1) is 11.3. The molecule has 1 fully saturated rings. The van der Waals surface area contributed by atoms with Crippen molar-refractivity contribution in [1.29, 1.82) is 0 Å². The number of rotatable bonds is 7. The van der Waals surface area contributed by atoms with Crippen LogP contribution in [0.5, 0.6) is 5.75 Å². The van der Waals surface area contributed by atoms with E-state index in [1.807, 2.05) is 43.2 Å². The number of anilines is 1. The van der Waals surface area contributed by atoms with Crippen molar-refractivity contribution in [2.45, 2.75) is 11.7 Å². The standard InChI is InChI=1S/C18H23N3OS.BrH/c1-21(18-4-2-3-9-20-18)10-11-22-16-7-5-15(6-8-16)12-17-13-19-14-23-17;/h2-9,17,19H,10-14H2,1H3;1H. The molecule has 0 aliphatic carbocycles. The van der Waals surface area contributed by atoms with Crippen LogP contribution in [0.3, 0.4) is 0 Å². The summed E-state index contributed by atoms with van der Waals surface area (Å²) >= 11 is 2.00. The van der Waals surface area contributed by atoms with E-state index < -0.39 is 0 Å². The van der Waals surface area contributed by atoms with E-state index in [1.54, 1.807) is 0 Å². The smallest absolute Gasteiger partial charge is 0.128 e. The number of ether oxygens (including phenoxy) is 1. The summed E-state index contributed by atoms with van der Waals surface area (Å²) in [5.74, 6) is 2.98. The maximum Gasteiger partial charge on any atom is 0.128 e. The van der Waals surface area contributed by atoms with Crippen molar-refractivity contribution in [1.82, 2.24) is 10.3 Å². The molecule has 3 rings (SSSR count). The van der Waals surface area contributed by atoms with Crippen LogP contribution in [-0.2, 0) is 6.42 Å². The molecule has 1 aromatic carbocycles. The molecule has 1 aromatic heterocycles. The summed E-state index contributed by atoms with van der Waals surface area (Å²) in [5, 5.41) is 4.09. The summed E-state index contributed by atoms with van der Waals surface area (Å²) in [7, 11) is 2.03. The molecule has 1 N–H and O–H groups in total. The van der Waals surface area contributed by atoms with Gasteiger partial charge in [-0.25, -0.2) is 4.98 Å². The molecule has 6 heteroatoms. The molecule has 0 spiro atoms. The van der Waals surface area contributed by atoms with E-state index in [2.05, 4.69) is 39.5 Å². The molecular weight excluding hydrogens is 386 g/mol. The lowest BCUT2D eigenvalue weighted by Gasteiger charge is -2.18. The second-order valence-electron chi connectivity index (χ2n) is 5.69. The molecule has 0 amide bonds. The summed E-state index contributed by atoms with van der Waals surface area (Å²) in [6.07, 6.45) is 2.93. The van der Waals surface area contributed by atoms with Gasteiger partial charge in [0.25, 0.3) is 0 Å². The maximum atomic E-state index is 5.84. The minimum Gasteiger partial charge on any atom is -0.492 e. The number of hydrogen-bond acceptors (Lipinski definition) is 5. The van der Waals surface area contributed by atoms with E-state index in [0.717, 1.165) is 37.0 Å². The molecule has 1 unspecified atom stereocenters. The average molecular weight is 410 g/mol. The van der Waals surface area contributed by atoms with Gasteiger partial charge in [0.2, 0.25) is 0 Å². The monoisotopic (exact) mass is 409 g/mol. The molecule has 2 aromatic rings. The summed E-state index contributed by atoms with van der Waals surface area (Å²) < 4.78 is 5.84. The summed E-state index contributed by atoms with van der Waals surface area (Å²) in [5.41, 5.74) is 1.38. The van der Waals surface area contributed by atoms with Gasteiger partial charge in [-0.2, -0.15) is 0 Å². The Kier molecular flexibility index (Phi) is 7.88. The van der Waals surface area contributed by atoms with Gasteiger partial charge >= 0.3 is 0 Å². The first kappa shape index (κ1) is 19.1. The topological polar surface area (TPSA) is 37.4 Å². The van der Waals surface area contributed by atoms with Gasteiger partial charge < -0.3 is 15.0 Å². The first-order valence-electron chi connectivity index (χ1n) is 7.97. The second-order valence-corrected chi connectivity index (χ2v) is 6.98. The number of likely N-dealkylation sites (N-methyl/N-ethyl adjacent to an activating group) is 1. The predicted molar refractivity (Wildman–Crippen MR) is 108 cm³/mol. The number of pyridine rings is 1. The summed E-state index contributed by atoms with van der Waals surface area (Å²) in [6.45, 7) is 2.57. The molecule has 1 aliphatic heterocycles. The van der Waals surface area contributed by atoms with Gasteiger partial charge in [0.1, 0.15) is 18.2 Å². The summed E-state index contributed by atoms with van der Waals surface area (Å²) in [4.78, 5) is 6.42. The number of hydrogen-bond donors (Lipinski definition) is 1. The quantitative estimate of drug-likeness (QED) is 0.758. The van der Waals surface area contributed by atoms with E-state index in [4.69, 9.17) is 4.74 Å². The highest BCUT2D eigenvalue weighted by molar-refractivity contribution is 8.93. The highest BCUT2D eigenvalue weighted by atomic mass is 79.9. The van der Waals surface area contributed by atoms with Crippen LogP contribution in [0.4, 0.5) is 5.82 Å². The van der Waals surface area contributed by atoms with Gasteiger partial charge in [-0.3, -0.25) is 0 Å². The Hall–Kier alpha value is -1.24. The van der Waals surface area contributed by atoms with Crippen molar-refractivity contribution in [3.05, 3.63) is 54.2 Å². The Bertz CT molecular complexity index is 591. The first-order valence-corrected chi connectivity index (χ1v) is 9.02. The minimum absolute atomic E-state index is 0. The van der Waals surface area contributed by atoms with Gasteiger partial charge in [0.15, 0.2) is 0 Å². The van der Waals surface area contributed by atoms with E-state index in [0.29, 0.717) is 11.9 Å². The zero-order valence-corrected chi connectivity index (χ0v) is 16.4. The van der Waals surface area contributed by atoms with Crippen LogP contribution in [0.25, 0.3) is 0 Å². The van der Waals surface area contributed by atoms with Gasteiger partial charge in [0, 0.05) is 30.9 Å². The van der Waals surface area contributed by atoms with Gasteiger partial charge in [-0.05, 0) is 36.2 Å². The molecule has 0 bridgehead atoms. The van der Waals surface area contributed by atoms with Crippen LogP contribution in [0.15, 0.2) is 48.7 Å². The highest BCUT2D eigenvalue weighted by Gasteiger charge is 2.15. The Morgan fingerprint density at radius 1 is 1.25 bits per heavy atom. The number of thioether (sulfide) groups is 1. The minimum atomic E-state index is 0. The molecule has 130 valence electrons. The lowest BCUT2D eigenvalue weighted by molar-refractivity contribution is 0.325. The lowest BCUT2D eigenvalue weighted by Crippen LogP contribution is -2.24. The maximum absolute atomic E-state index is 5.84. The Morgan fingerprint density at radius 3 is 2.75 bits per heavy atom. The van der Waals surface area contributed by atoms with Crippen molar-refractivity contribution < 1.29 is 4.74 Å². The van der Waals surface area contributed by atoms with Gasteiger partial charge in [-0.15, -0.1) is 28.7 Å². The zero-order valence-electron chi connectivity index (χ0n) is 13.9. The van der Waals surface area contributed by atoms with E-state index >= 15 is 0 Å². The van der Waals surface area contributed by atoms with Gasteiger partial charge in [0.05, 0.1) is 6.54 Å². The van der Waals surface area contributed by atoms with Crippen LogP contribution < -0.4 is 15.0 Å². The third kappa shape index (κ3) is 5.69. The third-order valence-corrected chi connectivity index (χ3v) is 5.09. The average Bonchev–Trinajstić information content (AvgIpc) is 3.10. The van der Waals surface area contributed by atoms with Crippen LogP contribution in [-0.4, -0.2) is 42.9 Å². The number of aromatic nitrogens is 1. The van der Waals surface area contributed by atoms with Crippen molar-refractivity contribution in [2.24, 2.45) is 0 Å². The van der Waals surface area contributed by atoms with Crippen molar-refractivity contribution in [2.75, 3.05) is 37.5 Å². The molecule has 1 saturated heterocycles. The number of halogens is 1. The molecule has 1 atom stereocenters. The van der Waals surface area contributed by atoms with Crippen LogP contribution in [0.1, 0.15) is 5.56 Å². The van der Waals surface area contributed by atoms with Crippen molar-refractivity contribution >= 4 is 34.6 Å². The zero-order chi connectivity index (χ0) is 15.9. The molecule has 1 aliphatic rings. The molecule has 24 heavy (non-hydrogen) atoms. The van der Waals surface area contributed by atoms with Crippen LogP contribution in [0.2, 0.25) is 0 Å². The molecule has 0 radical (unpaired) electrons. The number of benzene rings is 1. The Balaban J connectivity index is 0.00000208. The third-order valence-electron chi connectivity index (χ3n) is 3.92. The summed E-state index contributed by atoms with van der Waals surface area (Å²) in [6, 6.07) is 14.4. The SMILES string of the molecule is Br.CN(CCOc1ccc(CC2CNCS2)cc1)c1ccccn1. The second kappa shape index (κ2) is 9.91. The largest absolute Gasteiger partial charge is 0.492 e. The van der Waals surface area contributed by atoms with Crippen LogP contribution in [0, 0.1) is 0 Å². The van der Waals surface area contributed by atoms with Crippen molar-refractivity contribution in [3.8, 4) is 5.75 Å². The van der Waals surface area contributed by atoms with E-state index in [-0.39, 0.29) is 17.0 Å². The normalized spacial score (nSPS) is 16.5.